The molecule has 1 amide bonds. The summed E-state index contributed by atoms with van der Waals surface area (Å²) in [6.07, 6.45) is 3.56. The molecule has 0 saturated carbocycles. The van der Waals surface area contributed by atoms with E-state index in [2.05, 4.69) is 15.5 Å². The highest BCUT2D eigenvalue weighted by Crippen LogP contribution is 2.10. The van der Waals surface area contributed by atoms with Crippen molar-refractivity contribution in [3.63, 3.8) is 0 Å². The third-order valence-corrected chi connectivity index (χ3v) is 3.60. The number of nitrogens with zero attached hydrogens (tertiary/aromatic N) is 1. The molecule has 5 nitrogen and oxygen atoms in total. The third-order valence-electron chi connectivity index (χ3n) is 3.60. The second-order valence-electron chi connectivity index (χ2n) is 5.00. The summed E-state index contributed by atoms with van der Waals surface area (Å²) in [5, 5.41) is 6.26. The van der Waals surface area contributed by atoms with Crippen LogP contribution < -0.4 is 10.6 Å². The molecule has 5 heteroatoms. The van der Waals surface area contributed by atoms with E-state index in [1.165, 1.54) is 0 Å². The first-order chi connectivity index (χ1) is 8.25. The van der Waals surface area contributed by atoms with Gasteiger partial charge in [-0.15, -0.1) is 0 Å². The van der Waals surface area contributed by atoms with E-state index in [0.717, 1.165) is 39.0 Å². The molecule has 2 saturated heterocycles. The van der Waals surface area contributed by atoms with Gasteiger partial charge in [-0.05, 0) is 32.9 Å². The van der Waals surface area contributed by atoms with E-state index in [1.54, 1.807) is 0 Å². The summed E-state index contributed by atoms with van der Waals surface area (Å²) >= 11 is 0. The first-order valence-corrected chi connectivity index (χ1v) is 6.55. The van der Waals surface area contributed by atoms with Gasteiger partial charge in [-0.25, -0.2) is 0 Å². The minimum Gasteiger partial charge on any atom is -0.376 e. The molecule has 0 radical (unpaired) electrons. The van der Waals surface area contributed by atoms with Crippen LogP contribution in [0, 0.1) is 0 Å². The van der Waals surface area contributed by atoms with Gasteiger partial charge in [-0.3, -0.25) is 9.69 Å². The van der Waals surface area contributed by atoms with Crippen LogP contribution in [0.15, 0.2) is 0 Å². The Hall–Kier alpha value is -0.650. The maximum absolute atomic E-state index is 11.7. The Labute approximate surface area is 103 Å². The van der Waals surface area contributed by atoms with Crippen molar-refractivity contribution in [2.45, 2.75) is 31.4 Å². The van der Waals surface area contributed by atoms with E-state index in [1.807, 2.05) is 7.05 Å². The van der Waals surface area contributed by atoms with Crippen LogP contribution in [0.3, 0.4) is 0 Å². The molecule has 0 aromatic carbocycles. The molecule has 17 heavy (non-hydrogen) atoms. The number of nitrogens with one attached hydrogen (secondary N) is 2. The van der Waals surface area contributed by atoms with Gasteiger partial charge in [0.15, 0.2) is 0 Å². The zero-order valence-corrected chi connectivity index (χ0v) is 10.6. The molecule has 0 bridgehead atoms. The fourth-order valence-electron chi connectivity index (χ4n) is 2.46. The highest BCUT2D eigenvalue weighted by Gasteiger charge is 2.21. The maximum Gasteiger partial charge on any atom is 0.234 e. The molecule has 0 spiro atoms. The minimum absolute atomic E-state index is 0.106. The van der Waals surface area contributed by atoms with Gasteiger partial charge in [0.1, 0.15) is 0 Å². The Morgan fingerprint density at radius 2 is 2.41 bits per heavy atom. The Bertz CT molecular complexity index is 248. The Kier molecular flexibility index (Phi) is 4.76. The Morgan fingerprint density at radius 3 is 3.06 bits per heavy atom. The molecule has 2 N–H and O–H groups in total. The van der Waals surface area contributed by atoms with E-state index in [9.17, 15) is 4.79 Å². The Morgan fingerprint density at radius 1 is 1.53 bits per heavy atom. The van der Waals surface area contributed by atoms with Crippen molar-refractivity contribution < 1.29 is 9.53 Å². The van der Waals surface area contributed by atoms with Gasteiger partial charge in [0.05, 0.1) is 12.6 Å². The Balaban J connectivity index is 1.62. The zero-order chi connectivity index (χ0) is 12.1. The molecular formula is C12H23N3O2. The second-order valence-corrected chi connectivity index (χ2v) is 5.00. The number of carbonyl (C=O) groups excluding carboxylic acids is 1. The highest BCUT2D eigenvalue weighted by molar-refractivity contribution is 5.78. The van der Waals surface area contributed by atoms with E-state index in [-0.39, 0.29) is 12.0 Å². The number of likely N-dealkylation sites (N-methyl/N-ethyl adjacent to an activating group) is 1. The first kappa shape index (κ1) is 12.8. The van der Waals surface area contributed by atoms with E-state index in [4.69, 9.17) is 4.74 Å². The van der Waals surface area contributed by atoms with Crippen molar-refractivity contribution in [2.75, 3.05) is 39.8 Å². The standard InChI is InChI=1S/C12H23N3O2/c1-15(10-4-5-13-7-10)9-12(16)14-8-11-3-2-6-17-11/h10-11,13H,2-9H2,1H3,(H,14,16). The first-order valence-electron chi connectivity index (χ1n) is 6.55. The van der Waals surface area contributed by atoms with E-state index >= 15 is 0 Å². The third kappa shape index (κ3) is 3.94. The van der Waals surface area contributed by atoms with Crippen LogP contribution in [-0.2, 0) is 9.53 Å². The van der Waals surface area contributed by atoms with Gasteiger partial charge in [0.25, 0.3) is 0 Å². The summed E-state index contributed by atoms with van der Waals surface area (Å²) < 4.78 is 5.47. The van der Waals surface area contributed by atoms with Gasteiger partial charge in [0, 0.05) is 25.7 Å². The van der Waals surface area contributed by atoms with Crippen LogP contribution in [0.2, 0.25) is 0 Å². The molecule has 0 aromatic heterocycles. The summed E-state index contributed by atoms with van der Waals surface area (Å²) in [7, 11) is 2.02. The number of carbonyl (C=O) groups is 1. The quantitative estimate of drug-likeness (QED) is 0.686. The summed E-state index contributed by atoms with van der Waals surface area (Å²) in [5.74, 6) is 0.106. The number of hydrogen-bond donors (Lipinski definition) is 2. The number of amides is 1. The van der Waals surface area contributed by atoms with Crippen LogP contribution in [-0.4, -0.2) is 62.8 Å². The molecule has 2 aliphatic heterocycles. The number of rotatable bonds is 5. The van der Waals surface area contributed by atoms with Crippen LogP contribution in [0.1, 0.15) is 19.3 Å². The lowest BCUT2D eigenvalue weighted by Gasteiger charge is -2.23. The molecule has 2 heterocycles. The lowest BCUT2D eigenvalue weighted by molar-refractivity contribution is -0.122. The highest BCUT2D eigenvalue weighted by atomic mass is 16.5. The summed E-state index contributed by atoms with van der Waals surface area (Å²) in [4.78, 5) is 13.9. The zero-order valence-electron chi connectivity index (χ0n) is 10.6. The maximum atomic E-state index is 11.7. The normalized spacial score (nSPS) is 28.8. The van der Waals surface area contributed by atoms with Crippen LogP contribution >= 0.6 is 0 Å². The largest absolute Gasteiger partial charge is 0.376 e. The van der Waals surface area contributed by atoms with Crippen LogP contribution in [0.25, 0.3) is 0 Å². The number of ether oxygens (including phenoxy) is 1. The van der Waals surface area contributed by atoms with E-state index in [0.29, 0.717) is 19.1 Å². The summed E-state index contributed by atoms with van der Waals surface area (Å²) in [5.41, 5.74) is 0. The summed E-state index contributed by atoms with van der Waals surface area (Å²) in [6, 6.07) is 0.503. The molecule has 2 fully saturated rings. The average molecular weight is 241 g/mol. The van der Waals surface area contributed by atoms with Gasteiger partial charge in [0.2, 0.25) is 5.91 Å². The lowest BCUT2D eigenvalue weighted by Crippen LogP contribution is -2.43. The van der Waals surface area contributed by atoms with Gasteiger partial charge in [-0.1, -0.05) is 0 Å². The van der Waals surface area contributed by atoms with Crippen LogP contribution in [0.5, 0.6) is 0 Å². The molecule has 2 unspecified atom stereocenters. The monoisotopic (exact) mass is 241 g/mol. The average Bonchev–Trinajstić information content (AvgIpc) is 2.99. The van der Waals surface area contributed by atoms with Gasteiger partial charge in [-0.2, -0.15) is 0 Å². The molecule has 2 aliphatic rings. The second kappa shape index (κ2) is 6.33. The predicted octanol–water partition coefficient (Wildman–Crippen LogP) is -0.425. The molecule has 0 aliphatic carbocycles. The van der Waals surface area contributed by atoms with E-state index < -0.39 is 0 Å². The molecular weight excluding hydrogens is 218 g/mol. The summed E-state index contributed by atoms with van der Waals surface area (Å²) in [6.45, 7) is 4.05. The van der Waals surface area contributed by atoms with Crippen molar-refractivity contribution >= 4 is 5.91 Å². The predicted molar refractivity (Wildman–Crippen MR) is 65.9 cm³/mol. The van der Waals surface area contributed by atoms with Crippen molar-refractivity contribution in [1.29, 1.82) is 0 Å². The minimum atomic E-state index is 0.106. The SMILES string of the molecule is CN(CC(=O)NCC1CCCO1)C1CCNC1. The number of hydrogen-bond acceptors (Lipinski definition) is 4. The molecule has 2 atom stereocenters. The van der Waals surface area contributed by atoms with Crippen LogP contribution in [0.4, 0.5) is 0 Å². The van der Waals surface area contributed by atoms with Crippen molar-refractivity contribution in [3.8, 4) is 0 Å². The van der Waals surface area contributed by atoms with Crippen molar-refractivity contribution in [1.82, 2.24) is 15.5 Å². The molecule has 98 valence electrons. The lowest BCUT2D eigenvalue weighted by atomic mass is 10.2. The molecule has 0 aromatic rings. The smallest absolute Gasteiger partial charge is 0.234 e. The van der Waals surface area contributed by atoms with Gasteiger partial charge < -0.3 is 15.4 Å². The van der Waals surface area contributed by atoms with Gasteiger partial charge >= 0.3 is 0 Å². The topological polar surface area (TPSA) is 53.6 Å². The fraction of sp³-hybridized carbons (Fsp3) is 0.917. The van der Waals surface area contributed by atoms with Crippen molar-refractivity contribution in [2.24, 2.45) is 0 Å². The van der Waals surface area contributed by atoms with Crippen molar-refractivity contribution in [3.05, 3.63) is 0 Å². The molecule has 2 rings (SSSR count). The fourth-order valence-corrected chi connectivity index (χ4v) is 2.46.